The summed E-state index contributed by atoms with van der Waals surface area (Å²) in [6.07, 6.45) is 3.37. The SMILES string of the molecule is C=CC(/C=C(\C)c1ccccc1)C(C(=O)OC)C(=O)OC. The summed E-state index contributed by atoms with van der Waals surface area (Å²) in [5.74, 6) is -2.81. The lowest BCUT2D eigenvalue weighted by Crippen LogP contribution is -2.31. The van der Waals surface area contributed by atoms with E-state index in [2.05, 4.69) is 16.1 Å². The first-order valence-corrected chi connectivity index (χ1v) is 6.57. The smallest absolute Gasteiger partial charge is 0.320 e. The zero-order chi connectivity index (χ0) is 15.8. The van der Waals surface area contributed by atoms with Crippen LogP contribution in [0.4, 0.5) is 0 Å². The van der Waals surface area contributed by atoms with Gasteiger partial charge in [0.25, 0.3) is 0 Å². The molecule has 1 aromatic carbocycles. The lowest BCUT2D eigenvalue weighted by molar-refractivity contribution is -0.159. The number of ether oxygens (including phenoxy) is 2. The fraction of sp³-hybridized carbons (Fsp3) is 0.294. The minimum atomic E-state index is -1.05. The van der Waals surface area contributed by atoms with Crippen molar-refractivity contribution in [2.75, 3.05) is 14.2 Å². The molecule has 0 aliphatic rings. The molecule has 1 unspecified atom stereocenters. The van der Waals surface area contributed by atoms with Crippen molar-refractivity contribution < 1.29 is 19.1 Å². The molecule has 112 valence electrons. The van der Waals surface area contributed by atoms with Gasteiger partial charge in [-0.15, -0.1) is 6.58 Å². The minimum Gasteiger partial charge on any atom is -0.468 e. The number of carbonyl (C=O) groups excluding carboxylic acids is 2. The van der Waals surface area contributed by atoms with Crippen molar-refractivity contribution in [1.82, 2.24) is 0 Å². The van der Waals surface area contributed by atoms with E-state index in [9.17, 15) is 9.59 Å². The number of allylic oxidation sites excluding steroid dienone is 3. The lowest BCUT2D eigenvalue weighted by Gasteiger charge is -2.18. The van der Waals surface area contributed by atoms with Crippen LogP contribution in [-0.2, 0) is 19.1 Å². The van der Waals surface area contributed by atoms with Crippen LogP contribution in [0.25, 0.3) is 5.57 Å². The maximum absolute atomic E-state index is 11.8. The van der Waals surface area contributed by atoms with Gasteiger partial charge in [-0.2, -0.15) is 0 Å². The summed E-state index contributed by atoms with van der Waals surface area (Å²) in [4.78, 5) is 23.7. The number of hydrogen-bond acceptors (Lipinski definition) is 4. The average molecular weight is 288 g/mol. The van der Waals surface area contributed by atoms with Gasteiger partial charge >= 0.3 is 11.9 Å². The van der Waals surface area contributed by atoms with Crippen LogP contribution in [-0.4, -0.2) is 26.2 Å². The first-order chi connectivity index (χ1) is 10.0. The average Bonchev–Trinajstić information content (AvgIpc) is 2.54. The molecule has 0 amide bonds. The zero-order valence-corrected chi connectivity index (χ0v) is 12.5. The highest BCUT2D eigenvalue weighted by molar-refractivity contribution is 5.96. The van der Waals surface area contributed by atoms with Gasteiger partial charge < -0.3 is 9.47 Å². The van der Waals surface area contributed by atoms with Gasteiger partial charge in [0.2, 0.25) is 0 Å². The van der Waals surface area contributed by atoms with E-state index in [1.807, 2.05) is 43.3 Å². The van der Waals surface area contributed by atoms with Gasteiger partial charge in [-0.3, -0.25) is 9.59 Å². The fourth-order valence-electron chi connectivity index (χ4n) is 2.05. The summed E-state index contributed by atoms with van der Waals surface area (Å²) in [5.41, 5.74) is 1.95. The van der Waals surface area contributed by atoms with Crippen molar-refractivity contribution in [3.8, 4) is 0 Å². The molecular weight excluding hydrogens is 268 g/mol. The van der Waals surface area contributed by atoms with Gasteiger partial charge in [0.1, 0.15) is 0 Å². The van der Waals surface area contributed by atoms with Gasteiger partial charge in [0.15, 0.2) is 5.92 Å². The van der Waals surface area contributed by atoms with Crippen LogP contribution in [0.2, 0.25) is 0 Å². The predicted molar refractivity (Wildman–Crippen MR) is 81.3 cm³/mol. The quantitative estimate of drug-likeness (QED) is 0.459. The van der Waals surface area contributed by atoms with Gasteiger partial charge in [0, 0.05) is 5.92 Å². The third-order valence-corrected chi connectivity index (χ3v) is 3.24. The Balaban J connectivity index is 3.12. The predicted octanol–water partition coefficient (Wildman–Crippen LogP) is 2.85. The van der Waals surface area contributed by atoms with Crippen LogP contribution in [0, 0.1) is 11.8 Å². The number of esters is 2. The Bertz CT molecular complexity index is 515. The number of carbonyl (C=O) groups is 2. The summed E-state index contributed by atoms with van der Waals surface area (Å²) in [5, 5.41) is 0. The van der Waals surface area contributed by atoms with Crippen LogP contribution in [0.1, 0.15) is 12.5 Å². The number of rotatable bonds is 6. The highest BCUT2D eigenvalue weighted by Crippen LogP contribution is 2.23. The van der Waals surface area contributed by atoms with Crippen molar-refractivity contribution in [2.24, 2.45) is 11.8 Å². The second-order valence-corrected chi connectivity index (χ2v) is 4.55. The van der Waals surface area contributed by atoms with Gasteiger partial charge in [0.05, 0.1) is 14.2 Å². The van der Waals surface area contributed by atoms with Crippen LogP contribution in [0.3, 0.4) is 0 Å². The van der Waals surface area contributed by atoms with E-state index < -0.39 is 23.8 Å². The third-order valence-electron chi connectivity index (χ3n) is 3.24. The molecular formula is C17H20O4. The number of benzene rings is 1. The van der Waals surface area contributed by atoms with E-state index in [1.54, 1.807) is 6.08 Å². The van der Waals surface area contributed by atoms with E-state index in [0.29, 0.717) is 0 Å². The van der Waals surface area contributed by atoms with E-state index in [1.165, 1.54) is 14.2 Å². The molecule has 1 aromatic rings. The molecule has 21 heavy (non-hydrogen) atoms. The molecule has 0 spiro atoms. The number of methoxy groups -OCH3 is 2. The second-order valence-electron chi connectivity index (χ2n) is 4.55. The summed E-state index contributed by atoms with van der Waals surface area (Å²) >= 11 is 0. The summed E-state index contributed by atoms with van der Waals surface area (Å²) < 4.78 is 9.38. The minimum absolute atomic E-state index is 0.495. The second kappa shape index (κ2) is 8.04. The Morgan fingerprint density at radius 2 is 1.62 bits per heavy atom. The van der Waals surface area contributed by atoms with Gasteiger partial charge in [-0.05, 0) is 18.1 Å². The maximum atomic E-state index is 11.8. The molecule has 4 nitrogen and oxygen atoms in total. The van der Waals surface area contributed by atoms with E-state index in [0.717, 1.165) is 11.1 Å². The van der Waals surface area contributed by atoms with Crippen LogP contribution in [0.5, 0.6) is 0 Å². The van der Waals surface area contributed by atoms with E-state index in [-0.39, 0.29) is 0 Å². The summed E-state index contributed by atoms with van der Waals surface area (Å²) in [6.45, 7) is 5.62. The van der Waals surface area contributed by atoms with Gasteiger partial charge in [-0.1, -0.05) is 42.5 Å². The van der Waals surface area contributed by atoms with E-state index in [4.69, 9.17) is 0 Å². The lowest BCUT2D eigenvalue weighted by atomic mass is 9.89. The zero-order valence-electron chi connectivity index (χ0n) is 12.5. The highest BCUT2D eigenvalue weighted by Gasteiger charge is 2.34. The molecule has 0 radical (unpaired) electrons. The first kappa shape index (κ1) is 16.7. The Hall–Kier alpha value is -2.36. The Kier molecular flexibility index (Phi) is 6.40. The molecule has 1 rings (SSSR count). The topological polar surface area (TPSA) is 52.6 Å². The van der Waals surface area contributed by atoms with Gasteiger partial charge in [-0.25, -0.2) is 0 Å². The molecule has 0 N–H and O–H groups in total. The normalized spacial score (nSPS) is 12.7. The van der Waals surface area contributed by atoms with Crippen LogP contribution in [0.15, 0.2) is 49.1 Å². The standard InChI is InChI=1S/C17H20O4/c1-5-13(15(16(18)20-3)17(19)21-4)11-12(2)14-9-7-6-8-10-14/h5-11,13,15H,1H2,2-4H3/b12-11+. The van der Waals surface area contributed by atoms with Crippen LogP contribution >= 0.6 is 0 Å². The molecule has 0 aliphatic carbocycles. The van der Waals surface area contributed by atoms with Crippen molar-refractivity contribution in [1.29, 1.82) is 0 Å². The molecule has 0 aliphatic heterocycles. The molecule has 0 fully saturated rings. The molecule has 0 saturated heterocycles. The number of hydrogen-bond donors (Lipinski definition) is 0. The molecule has 1 atom stereocenters. The summed E-state index contributed by atoms with van der Waals surface area (Å²) in [7, 11) is 2.48. The summed E-state index contributed by atoms with van der Waals surface area (Å²) in [6, 6.07) is 9.68. The Labute approximate surface area is 125 Å². The monoisotopic (exact) mass is 288 g/mol. The Morgan fingerprint density at radius 3 is 2.05 bits per heavy atom. The van der Waals surface area contributed by atoms with Crippen molar-refractivity contribution in [2.45, 2.75) is 6.92 Å². The Morgan fingerprint density at radius 1 is 1.10 bits per heavy atom. The highest BCUT2D eigenvalue weighted by atomic mass is 16.5. The van der Waals surface area contributed by atoms with Crippen LogP contribution < -0.4 is 0 Å². The molecule has 4 heteroatoms. The van der Waals surface area contributed by atoms with Crippen molar-refractivity contribution in [3.05, 3.63) is 54.6 Å². The third kappa shape index (κ3) is 4.31. The van der Waals surface area contributed by atoms with E-state index >= 15 is 0 Å². The van der Waals surface area contributed by atoms with Crippen molar-refractivity contribution in [3.63, 3.8) is 0 Å². The maximum Gasteiger partial charge on any atom is 0.320 e. The molecule has 0 heterocycles. The largest absolute Gasteiger partial charge is 0.468 e. The van der Waals surface area contributed by atoms with Crippen molar-refractivity contribution >= 4 is 17.5 Å². The molecule has 0 bridgehead atoms. The molecule has 0 aromatic heterocycles. The molecule has 0 saturated carbocycles. The first-order valence-electron chi connectivity index (χ1n) is 6.57. The fourth-order valence-corrected chi connectivity index (χ4v) is 2.05.